The lowest BCUT2D eigenvalue weighted by Crippen LogP contribution is -2.31. The van der Waals surface area contributed by atoms with E-state index in [1.807, 2.05) is 11.0 Å². The molecular weight excluding hydrogens is 294 g/mol. The number of nitrogens with one attached hydrogen (secondary N) is 1. The third kappa shape index (κ3) is 3.62. The van der Waals surface area contributed by atoms with E-state index in [9.17, 15) is 4.79 Å². The molecule has 1 saturated heterocycles. The summed E-state index contributed by atoms with van der Waals surface area (Å²) in [7, 11) is 1.65. The van der Waals surface area contributed by atoms with Crippen LogP contribution in [0.2, 0.25) is 0 Å². The lowest BCUT2D eigenvalue weighted by Gasteiger charge is -2.16. The number of anilines is 2. The fourth-order valence-electron chi connectivity index (χ4n) is 2.84. The molecule has 2 aromatic rings. The van der Waals surface area contributed by atoms with E-state index in [1.165, 1.54) is 0 Å². The number of amides is 1. The lowest BCUT2D eigenvalue weighted by atomic mass is 9.96. The van der Waals surface area contributed by atoms with Crippen LogP contribution in [0.5, 0.6) is 0 Å². The van der Waals surface area contributed by atoms with E-state index in [2.05, 4.69) is 20.3 Å². The minimum Gasteiger partial charge on any atom is -0.384 e. The summed E-state index contributed by atoms with van der Waals surface area (Å²) in [6, 6.07) is 5.39. The molecule has 120 valence electrons. The Balaban J connectivity index is 1.72. The smallest absolute Gasteiger partial charge is 0.229 e. The standard InChI is InChI=1S/C16H19N5O2/c1-23-11-12-9-21(16-18-6-3-7-19-16)10-14(12)15(22)20-13-4-2-5-17-8-13/h2-8,12,14H,9-11H2,1H3,(H,20,22)/t12-,14+/m0/s1. The van der Waals surface area contributed by atoms with Gasteiger partial charge >= 0.3 is 0 Å². The van der Waals surface area contributed by atoms with Crippen LogP contribution >= 0.6 is 0 Å². The van der Waals surface area contributed by atoms with E-state index in [1.54, 1.807) is 44.0 Å². The van der Waals surface area contributed by atoms with Crippen LogP contribution in [0.1, 0.15) is 0 Å². The predicted octanol–water partition coefficient (Wildman–Crippen LogP) is 1.21. The van der Waals surface area contributed by atoms with Crippen LogP contribution < -0.4 is 10.2 Å². The number of methoxy groups -OCH3 is 1. The normalized spacial score (nSPS) is 20.5. The number of carbonyl (C=O) groups excluding carboxylic acids is 1. The average Bonchev–Trinajstić information content (AvgIpc) is 3.01. The minimum atomic E-state index is -0.182. The lowest BCUT2D eigenvalue weighted by molar-refractivity contribution is -0.120. The second kappa shape index (κ2) is 7.15. The van der Waals surface area contributed by atoms with Crippen molar-refractivity contribution in [3.05, 3.63) is 43.0 Å². The largest absolute Gasteiger partial charge is 0.384 e. The Morgan fingerprint density at radius 3 is 2.83 bits per heavy atom. The molecule has 2 aromatic heterocycles. The summed E-state index contributed by atoms with van der Waals surface area (Å²) in [6.45, 7) is 1.79. The number of aromatic nitrogens is 3. The highest BCUT2D eigenvalue weighted by molar-refractivity contribution is 5.93. The molecule has 0 radical (unpaired) electrons. The monoisotopic (exact) mass is 313 g/mol. The SMILES string of the molecule is COC[C@@H]1CN(c2ncccn2)C[C@H]1C(=O)Nc1cccnc1. The molecule has 0 unspecified atom stereocenters. The first-order valence-electron chi connectivity index (χ1n) is 7.49. The van der Waals surface area contributed by atoms with Crippen molar-refractivity contribution in [2.75, 3.05) is 37.0 Å². The second-order valence-corrected chi connectivity index (χ2v) is 5.51. The van der Waals surface area contributed by atoms with Gasteiger partial charge in [-0.3, -0.25) is 9.78 Å². The van der Waals surface area contributed by atoms with Crippen LogP contribution in [-0.4, -0.2) is 47.7 Å². The summed E-state index contributed by atoms with van der Waals surface area (Å²) in [4.78, 5) is 27.2. The molecule has 1 fully saturated rings. The zero-order valence-electron chi connectivity index (χ0n) is 12.9. The van der Waals surface area contributed by atoms with Crippen LogP contribution in [0.25, 0.3) is 0 Å². The van der Waals surface area contributed by atoms with E-state index in [0.29, 0.717) is 31.3 Å². The Bertz CT molecular complexity index is 637. The van der Waals surface area contributed by atoms with Crippen molar-refractivity contribution < 1.29 is 9.53 Å². The Morgan fingerprint density at radius 1 is 1.30 bits per heavy atom. The Hall–Kier alpha value is -2.54. The molecule has 0 aliphatic carbocycles. The fraction of sp³-hybridized carbons (Fsp3) is 0.375. The molecule has 0 saturated carbocycles. The van der Waals surface area contributed by atoms with Gasteiger partial charge in [-0.15, -0.1) is 0 Å². The molecule has 1 aliphatic heterocycles. The van der Waals surface area contributed by atoms with Gasteiger partial charge in [0.25, 0.3) is 0 Å². The highest BCUT2D eigenvalue weighted by Crippen LogP contribution is 2.27. The van der Waals surface area contributed by atoms with Gasteiger partial charge in [-0.2, -0.15) is 0 Å². The maximum atomic E-state index is 12.6. The molecule has 1 amide bonds. The molecular formula is C16H19N5O2. The van der Waals surface area contributed by atoms with Gasteiger partial charge in [-0.1, -0.05) is 0 Å². The highest BCUT2D eigenvalue weighted by atomic mass is 16.5. The molecule has 3 heterocycles. The van der Waals surface area contributed by atoms with Crippen LogP contribution in [0.3, 0.4) is 0 Å². The summed E-state index contributed by atoms with van der Waals surface area (Å²) in [6.07, 6.45) is 6.72. The van der Waals surface area contributed by atoms with Crippen molar-refractivity contribution in [3.8, 4) is 0 Å². The molecule has 1 aliphatic rings. The second-order valence-electron chi connectivity index (χ2n) is 5.51. The molecule has 7 heteroatoms. The first-order chi connectivity index (χ1) is 11.3. The number of nitrogens with zero attached hydrogens (tertiary/aromatic N) is 4. The van der Waals surface area contributed by atoms with Gasteiger partial charge in [0.1, 0.15) is 0 Å². The van der Waals surface area contributed by atoms with Crippen LogP contribution in [-0.2, 0) is 9.53 Å². The molecule has 0 bridgehead atoms. The highest BCUT2D eigenvalue weighted by Gasteiger charge is 2.38. The molecule has 3 rings (SSSR count). The Morgan fingerprint density at radius 2 is 2.13 bits per heavy atom. The van der Waals surface area contributed by atoms with E-state index in [-0.39, 0.29) is 17.7 Å². The van der Waals surface area contributed by atoms with Crippen LogP contribution in [0, 0.1) is 11.8 Å². The maximum absolute atomic E-state index is 12.6. The minimum absolute atomic E-state index is 0.0292. The van der Waals surface area contributed by atoms with Crippen molar-refractivity contribution in [1.82, 2.24) is 15.0 Å². The zero-order chi connectivity index (χ0) is 16.1. The predicted molar refractivity (Wildman–Crippen MR) is 86.0 cm³/mol. The van der Waals surface area contributed by atoms with Crippen LogP contribution in [0.15, 0.2) is 43.0 Å². The van der Waals surface area contributed by atoms with Crippen molar-refractivity contribution in [2.24, 2.45) is 11.8 Å². The Kier molecular flexibility index (Phi) is 4.77. The van der Waals surface area contributed by atoms with Crippen molar-refractivity contribution >= 4 is 17.5 Å². The number of hydrogen-bond acceptors (Lipinski definition) is 6. The quantitative estimate of drug-likeness (QED) is 0.893. The van der Waals surface area contributed by atoms with Crippen LogP contribution in [0.4, 0.5) is 11.6 Å². The van der Waals surface area contributed by atoms with Gasteiger partial charge in [0.15, 0.2) is 0 Å². The van der Waals surface area contributed by atoms with Gasteiger partial charge < -0.3 is 15.0 Å². The molecule has 1 N–H and O–H groups in total. The van der Waals surface area contributed by atoms with Crippen molar-refractivity contribution in [1.29, 1.82) is 0 Å². The summed E-state index contributed by atoms with van der Waals surface area (Å²) in [5.74, 6) is 0.531. The van der Waals surface area contributed by atoms with Gasteiger partial charge in [0.2, 0.25) is 11.9 Å². The summed E-state index contributed by atoms with van der Waals surface area (Å²) >= 11 is 0. The topological polar surface area (TPSA) is 80.2 Å². The van der Waals surface area contributed by atoms with Gasteiger partial charge in [0.05, 0.1) is 24.4 Å². The van der Waals surface area contributed by atoms with E-state index in [4.69, 9.17) is 4.74 Å². The molecule has 2 atom stereocenters. The van der Waals surface area contributed by atoms with Crippen molar-refractivity contribution in [3.63, 3.8) is 0 Å². The number of rotatable bonds is 5. The first-order valence-corrected chi connectivity index (χ1v) is 7.49. The number of ether oxygens (including phenoxy) is 1. The first kappa shape index (κ1) is 15.4. The number of hydrogen-bond donors (Lipinski definition) is 1. The molecule has 0 aromatic carbocycles. The number of carbonyl (C=O) groups is 1. The number of pyridine rings is 1. The third-order valence-corrected chi connectivity index (χ3v) is 3.92. The van der Waals surface area contributed by atoms with Gasteiger partial charge in [-0.05, 0) is 18.2 Å². The van der Waals surface area contributed by atoms with E-state index < -0.39 is 0 Å². The fourth-order valence-corrected chi connectivity index (χ4v) is 2.84. The maximum Gasteiger partial charge on any atom is 0.229 e. The summed E-state index contributed by atoms with van der Waals surface area (Å²) < 4.78 is 5.28. The Labute approximate surface area is 134 Å². The summed E-state index contributed by atoms with van der Waals surface area (Å²) in [5, 5.41) is 2.92. The molecule has 23 heavy (non-hydrogen) atoms. The third-order valence-electron chi connectivity index (χ3n) is 3.92. The van der Waals surface area contributed by atoms with Crippen molar-refractivity contribution in [2.45, 2.75) is 0 Å². The zero-order valence-corrected chi connectivity index (χ0v) is 12.9. The molecule has 7 nitrogen and oxygen atoms in total. The summed E-state index contributed by atoms with van der Waals surface area (Å²) in [5.41, 5.74) is 0.697. The van der Waals surface area contributed by atoms with E-state index >= 15 is 0 Å². The van der Waals surface area contributed by atoms with Gasteiger partial charge in [-0.25, -0.2) is 9.97 Å². The van der Waals surface area contributed by atoms with E-state index in [0.717, 1.165) is 0 Å². The molecule has 0 spiro atoms. The van der Waals surface area contributed by atoms with Gasteiger partial charge in [0, 0.05) is 44.7 Å². The average molecular weight is 313 g/mol.